The van der Waals surface area contributed by atoms with Crippen LogP contribution in [-0.2, 0) is 6.42 Å². The molecule has 0 aliphatic carbocycles. The molecule has 0 N–H and O–H groups in total. The molecule has 25 heavy (non-hydrogen) atoms. The molecule has 0 saturated heterocycles. The van der Waals surface area contributed by atoms with Gasteiger partial charge in [0.15, 0.2) is 0 Å². The summed E-state index contributed by atoms with van der Waals surface area (Å²) in [6, 6.07) is 15.2. The fraction of sp³-hybridized carbons (Fsp3) is 0.429. The van der Waals surface area contributed by atoms with Crippen molar-refractivity contribution >= 4 is 0 Å². The summed E-state index contributed by atoms with van der Waals surface area (Å²) in [4.78, 5) is 11.2. The SMILES string of the molecule is CCCCc1ccc(C(c2ccc(OCC)cc2)C(C)[N+](=O)[O-])cc1. The lowest BCUT2D eigenvalue weighted by atomic mass is 9.85. The van der Waals surface area contributed by atoms with Gasteiger partial charge in [0.2, 0.25) is 6.04 Å². The molecule has 2 rings (SSSR count). The van der Waals surface area contributed by atoms with Crippen molar-refractivity contribution in [3.8, 4) is 5.75 Å². The van der Waals surface area contributed by atoms with E-state index in [-0.39, 0.29) is 10.8 Å². The van der Waals surface area contributed by atoms with Crippen molar-refractivity contribution in [1.82, 2.24) is 0 Å². The van der Waals surface area contributed by atoms with Gasteiger partial charge in [-0.3, -0.25) is 10.1 Å². The van der Waals surface area contributed by atoms with Crippen LogP contribution in [0.15, 0.2) is 48.5 Å². The lowest BCUT2D eigenvalue weighted by Gasteiger charge is -2.20. The molecule has 0 radical (unpaired) electrons. The number of aryl methyl sites for hydroxylation is 1. The third kappa shape index (κ3) is 5.05. The van der Waals surface area contributed by atoms with Crippen LogP contribution in [0.3, 0.4) is 0 Å². The van der Waals surface area contributed by atoms with Crippen molar-refractivity contribution < 1.29 is 9.66 Å². The molecular formula is C21H27NO3. The Morgan fingerprint density at radius 3 is 2.04 bits per heavy atom. The molecule has 4 nitrogen and oxygen atoms in total. The van der Waals surface area contributed by atoms with Crippen molar-refractivity contribution in [2.75, 3.05) is 6.61 Å². The van der Waals surface area contributed by atoms with E-state index in [4.69, 9.17) is 4.74 Å². The number of hydrogen-bond donors (Lipinski definition) is 0. The van der Waals surface area contributed by atoms with E-state index in [1.807, 2.05) is 43.3 Å². The van der Waals surface area contributed by atoms with E-state index in [2.05, 4.69) is 19.1 Å². The fourth-order valence-electron chi connectivity index (χ4n) is 3.08. The van der Waals surface area contributed by atoms with Gasteiger partial charge in [0.1, 0.15) is 5.75 Å². The van der Waals surface area contributed by atoms with Crippen molar-refractivity contribution in [3.05, 3.63) is 75.3 Å². The van der Waals surface area contributed by atoms with Gasteiger partial charge in [0.05, 0.1) is 12.5 Å². The number of nitrogens with zero attached hydrogens (tertiary/aromatic N) is 1. The van der Waals surface area contributed by atoms with Crippen LogP contribution in [0.1, 0.15) is 56.2 Å². The lowest BCUT2D eigenvalue weighted by molar-refractivity contribution is -0.520. The fourth-order valence-corrected chi connectivity index (χ4v) is 3.08. The molecule has 0 saturated carbocycles. The quantitative estimate of drug-likeness (QED) is 0.464. The second-order valence-electron chi connectivity index (χ2n) is 6.35. The van der Waals surface area contributed by atoms with E-state index < -0.39 is 6.04 Å². The minimum Gasteiger partial charge on any atom is -0.494 e. The third-order valence-electron chi connectivity index (χ3n) is 4.52. The number of hydrogen-bond acceptors (Lipinski definition) is 3. The number of nitro groups is 1. The van der Waals surface area contributed by atoms with Crippen LogP contribution in [0.5, 0.6) is 5.75 Å². The molecule has 0 spiro atoms. The average Bonchev–Trinajstić information content (AvgIpc) is 2.62. The zero-order valence-electron chi connectivity index (χ0n) is 15.3. The number of ether oxygens (including phenoxy) is 1. The maximum Gasteiger partial charge on any atom is 0.221 e. The minimum absolute atomic E-state index is 0.202. The van der Waals surface area contributed by atoms with E-state index >= 15 is 0 Å². The highest BCUT2D eigenvalue weighted by Crippen LogP contribution is 2.31. The summed E-state index contributed by atoms with van der Waals surface area (Å²) in [5.41, 5.74) is 3.20. The summed E-state index contributed by atoms with van der Waals surface area (Å²) in [6.07, 6.45) is 3.37. The van der Waals surface area contributed by atoms with E-state index in [1.54, 1.807) is 6.92 Å². The van der Waals surface area contributed by atoms with Crippen LogP contribution in [0.2, 0.25) is 0 Å². The summed E-state index contributed by atoms with van der Waals surface area (Å²) >= 11 is 0. The van der Waals surface area contributed by atoms with Gasteiger partial charge in [-0.15, -0.1) is 0 Å². The zero-order valence-corrected chi connectivity index (χ0v) is 15.3. The minimum atomic E-state index is -0.695. The highest BCUT2D eigenvalue weighted by molar-refractivity contribution is 5.38. The van der Waals surface area contributed by atoms with Crippen LogP contribution >= 0.6 is 0 Å². The highest BCUT2D eigenvalue weighted by Gasteiger charge is 2.29. The molecule has 0 fully saturated rings. The van der Waals surface area contributed by atoms with Crippen LogP contribution in [0.4, 0.5) is 0 Å². The van der Waals surface area contributed by atoms with Crippen LogP contribution in [0, 0.1) is 10.1 Å². The van der Waals surface area contributed by atoms with E-state index in [9.17, 15) is 10.1 Å². The van der Waals surface area contributed by atoms with E-state index in [1.165, 1.54) is 5.56 Å². The molecule has 2 atom stereocenters. The number of benzene rings is 2. The highest BCUT2D eigenvalue weighted by atomic mass is 16.6. The molecule has 0 heterocycles. The Morgan fingerprint density at radius 2 is 1.56 bits per heavy atom. The van der Waals surface area contributed by atoms with E-state index in [0.29, 0.717) is 6.61 Å². The first-order valence-electron chi connectivity index (χ1n) is 9.01. The van der Waals surface area contributed by atoms with Gasteiger partial charge in [-0.25, -0.2) is 0 Å². The van der Waals surface area contributed by atoms with Gasteiger partial charge in [-0.05, 0) is 48.6 Å². The predicted octanol–water partition coefficient (Wildman–Crippen LogP) is 5.23. The first-order valence-corrected chi connectivity index (χ1v) is 9.01. The Bertz CT molecular complexity index is 665. The zero-order chi connectivity index (χ0) is 18.2. The maximum absolute atomic E-state index is 11.4. The second kappa shape index (κ2) is 9.21. The van der Waals surface area contributed by atoms with Crippen LogP contribution in [-0.4, -0.2) is 17.6 Å². The van der Waals surface area contributed by atoms with Gasteiger partial charge >= 0.3 is 0 Å². The smallest absolute Gasteiger partial charge is 0.221 e. The topological polar surface area (TPSA) is 52.4 Å². The standard InChI is InChI=1S/C21H27NO3/c1-4-6-7-17-8-10-18(11-9-17)21(16(3)22(23)24)19-12-14-20(15-13-19)25-5-2/h8-16,21H,4-7H2,1-3H3. The molecule has 4 heteroatoms. The molecule has 2 aromatic rings. The Kier molecular flexibility index (Phi) is 6.99. The van der Waals surface area contributed by atoms with Crippen LogP contribution < -0.4 is 4.74 Å². The molecule has 0 aliphatic rings. The summed E-state index contributed by atoms with van der Waals surface area (Å²) in [5, 5.41) is 11.4. The van der Waals surface area contributed by atoms with Crippen molar-refractivity contribution in [2.24, 2.45) is 0 Å². The molecule has 0 bridgehead atoms. The molecule has 0 aromatic heterocycles. The summed E-state index contributed by atoms with van der Waals surface area (Å²) < 4.78 is 5.47. The molecule has 0 amide bonds. The van der Waals surface area contributed by atoms with Gasteiger partial charge in [0, 0.05) is 11.8 Å². The predicted molar refractivity (Wildman–Crippen MR) is 101 cm³/mol. The van der Waals surface area contributed by atoms with Crippen molar-refractivity contribution in [2.45, 2.75) is 52.0 Å². The molecule has 2 unspecified atom stereocenters. The number of unbranched alkanes of at least 4 members (excludes halogenated alkanes) is 1. The summed E-state index contributed by atoms with van der Waals surface area (Å²) in [5.74, 6) is 0.513. The van der Waals surface area contributed by atoms with Crippen molar-refractivity contribution in [3.63, 3.8) is 0 Å². The summed E-state index contributed by atoms with van der Waals surface area (Å²) in [6.45, 7) is 6.39. The average molecular weight is 341 g/mol. The second-order valence-corrected chi connectivity index (χ2v) is 6.35. The maximum atomic E-state index is 11.4. The van der Waals surface area contributed by atoms with Crippen molar-refractivity contribution in [1.29, 1.82) is 0 Å². The monoisotopic (exact) mass is 341 g/mol. The Balaban J connectivity index is 2.30. The summed E-state index contributed by atoms with van der Waals surface area (Å²) in [7, 11) is 0. The first-order chi connectivity index (χ1) is 12.1. The van der Waals surface area contributed by atoms with E-state index in [0.717, 1.165) is 36.1 Å². The third-order valence-corrected chi connectivity index (χ3v) is 4.52. The lowest BCUT2D eigenvalue weighted by Crippen LogP contribution is -2.25. The molecular weight excluding hydrogens is 314 g/mol. The molecule has 0 aliphatic heterocycles. The van der Waals surface area contributed by atoms with Gasteiger partial charge in [-0.1, -0.05) is 49.7 Å². The Morgan fingerprint density at radius 1 is 1.00 bits per heavy atom. The largest absolute Gasteiger partial charge is 0.494 e. The normalized spacial score (nSPS) is 13.2. The Hall–Kier alpha value is -2.36. The Labute approximate surface area is 150 Å². The van der Waals surface area contributed by atoms with Gasteiger partial charge in [0.25, 0.3) is 0 Å². The number of rotatable bonds is 9. The molecule has 134 valence electrons. The molecule has 2 aromatic carbocycles. The van der Waals surface area contributed by atoms with Gasteiger partial charge < -0.3 is 4.74 Å². The van der Waals surface area contributed by atoms with Gasteiger partial charge in [-0.2, -0.15) is 0 Å². The first kappa shape index (κ1) is 19.0. The van der Waals surface area contributed by atoms with Crippen LogP contribution in [0.25, 0.3) is 0 Å².